The lowest BCUT2D eigenvalue weighted by atomic mass is 10.2. The fraction of sp³-hybridized carbons (Fsp3) is 0.280. The number of halogens is 3. The summed E-state index contributed by atoms with van der Waals surface area (Å²) < 4.78 is 43.3. The molecule has 0 amide bonds. The Morgan fingerprint density at radius 3 is 2.47 bits per heavy atom. The van der Waals surface area contributed by atoms with Gasteiger partial charge in [-0.3, -0.25) is 4.90 Å². The Hall–Kier alpha value is -3.04. The maximum atomic E-state index is 12.6. The predicted molar refractivity (Wildman–Crippen MR) is 124 cm³/mol. The number of hydrogen-bond donors (Lipinski definition) is 0. The number of carbonyl (C=O) groups excluding carboxylic acids is 1. The third-order valence-corrected chi connectivity index (χ3v) is 6.88. The second-order valence-corrected chi connectivity index (χ2v) is 9.70. The third kappa shape index (κ3) is 5.20. The number of pyridine rings is 1. The molecule has 1 aromatic heterocycles. The number of esters is 1. The molecule has 0 radical (unpaired) electrons. The number of anilines is 1. The smallest absolute Gasteiger partial charge is 0.404 e. The zero-order valence-corrected chi connectivity index (χ0v) is 19.0. The summed E-state index contributed by atoms with van der Waals surface area (Å²) in [6.07, 6.45) is 3.78. The summed E-state index contributed by atoms with van der Waals surface area (Å²) in [4.78, 5) is 21.3. The average molecular weight is 486 g/mol. The van der Waals surface area contributed by atoms with Crippen LogP contribution in [0.2, 0.25) is 0 Å². The van der Waals surface area contributed by atoms with Gasteiger partial charge in [-0.1, -0.05) is 18.2 Å². The van der Waals surface area contributed by atoms with Gasteiger partial charge in [0.1, 0.15) is 0 Å². The predicted octanol–water partition coefficient (Wildman–Crippen LogP) is 5.73. The van der Waals surface area contributed by atoms with Crippen LogP contribution in [0, 0.1) is 0 Å². The lowest BCUT2D eigenvalue weighted by Crippen LogP contribution is -2.32. The van der Waals surface area contributed by atoms with Crippen LogP contribution in [-0.2, 0) is 6.54 Å². The summed E-state index contributed by atoms with van der Waals surface area (Å²) in [5.74, 6) is -0.201. The number of thioether (sulfide) groups is 1. The molecule has 1 saturated carbocycles. The van der Waals surface area contributed by atoms with Crippen LogP contribution in [0.1, 0.15) is 28.8 Å². The minimum Gasteiger partial charge on any atom is -0.404 e. The van der Waals surface area contributed by atoms with Gasteiger partial charge < -0.3 is 9.64 Å². The highest BCUT2D eigenvalue weighted by molar-refractivity contribution is 8.00. The van der Waals surface area contributed by atoms with Crippen LogP contribution in [0.4, 0.5) is 18.9 Å². The minimum atomic E-state index is -4.29. The van der Waals surface area contributed by atoms with Crippen LogP contribution in [0.3, 0.4) is 0 Å². The lowest BCUT2D eigenvalue weighted by molar-refractivity contribution is -0.0328. The van der Waals surface area contributed by atoms with Crippen LogP contribution in [-0.4, -0.2) is 40.1 Å². The molecule has 1 spiro atoms. The molecule has 0 unspecified atom stereocenters. The first-order chi connectivity index (χ1) is 16.3. The molecule has 3 aromatic rings. The van der Waals surface area contributed by atoms with E-state index in [9.17, 15) is 18.0 Å². The third-order valence-electron chi connectivity index (χ3n) is 6.14. The molecule has 2 fully saturated rings. The number of nitrogens with zero attached hydrogens (tertiary/aromatic N) is 3. The van der Waals surface area contributed by atoms with Crippen LogP contribution < -0.4 is 9.64 Å². The SMILES string of the molecule is O=C(Oc1cc(CN2CN(c3ccc(SC(F)(F)F)cc3)CC23CC3)ccn1)c1ccccc1. The Balaban J connectivity index is 1.25. The quantitative estimate of drug-likeness (QED) is 0.329. The van der Waals surface area contributed by atoms with Gasteiger partial charge in [0, 0.05) is 41.5 Å². The van der Waals surface area contributed by atoms with E-state index < -0.39 is 11.5 Å². The van der Waals surface area contributed by atoms with Crippen molar-refractivity contribution in [2.24, 2.45) is 0 Å². The van der Waals surface area contributed by atoms with E-state index in [4.69, 9.17) is 4.74 Å². The molecular weight excluding hydrogens is 463 g/mol. The van der Waals surface area contributed by atoms with E-state index in [0.717, 1.165) is 30.6 Å². The zero-order chi connectivity index (χ0) is 23.8. The Labute approximate surface area is 199 Å². The molecular formula is C25H22F3N3O2S. The molecule has 1 saturated heterocycles. The normalized spacial score (nSPS) is 17.2. The fourth-order valence-corrected chi connectivity index (χ4v) is 4.82. The number of hydrogen-bond acceptors (Lipinski definition) is 6. The van der Waals surface area contributed by atoms with Crippen LogP contribution in [0.5, 0.6) is 5.88 Å². The van der Waals surface area contributed by atoms with Gasteiger partial charge in [0.15, 0.2) is 0 Å². The second kappa shape index (κ2) is 8.96. The van der Waals surface area contributed by atoms with Gasteiger partial charge in [-0.2, -0.15) is 13.2 Å². The molecule has 1 aliphatic carbocycles. The van der Waals surface area contributed by atoms with Crippen molar-refractivity contribution >= 4 is 23.4 Å². The van der Waals surface area contributed by atoms with E-state index in [0.29, 0.717) is 18.8 Å². The van der Waals surface area contributed by atoms with Gasteiger partial charge in [-0.15, -0.1) is 0 Å². The highest BCUT2D eigenvalue weighted by Gasteiger charge is 2.53. The van der Waals surface area contributed by atoms with Gasteiger partial charge in [-0.25, -0.2) is 9.78 Å². The van der Waals surface area contributed by atoms with E-state index in [1.165, 1.54) is 12.1 Å². The van der Waals surface area contributed by atoms with Crippen molar-refractivity contribution in [1.82, 2.24) is 9.88 Å². The number of rotatable bonds is 6. The van der Waals surface area contributed by atoms with Gasteiger partial charge in [0.2, 0.25) is 5.88 Å². The molecule has 5 rings (SSSR count). The number of benzene rings is 2. The molecule has 34 heavy (non-hydrogen) atoms. The van der Waals surface area contributed by atoms with Gasteiger partial charge >= 0.3 is 11.5 Å². The Morgan fingerprint density at radius 1 is 1.06 bits per heavy atom. The highest BCUT2D eigenvalue weighted by Crippen LogP contribution is 2.48. The average Bonchev–Trinajstić information content (AvgIpc) is 3.50. The molecule has 5 nitrogen and oxygen atoms in total. The number of carbonyl (C=O) groups is 1. The van der Waals surface area contributed by atoms with Crippen LogP contribution >= 0.6 is 11.8 Å². The van der Waals surface area contributed by atoms with E-state index >= 15 is 0 Å². The fourth-order valence-electron chi connectivity index (χ4n) is 4.28. The maximum Gasteiger partial charge on any atom is 0.446 e. The Kier molecular flexibility index (Phi) is 5.99. The maximum absolute atomic E-state index is 12.6. The van der Waals surface area contributed by atoms with Crippen molar-refractivity contribution < 1.29 is 22.7 Å². The number of alkyl halides is 3. The number of ether oxygens (including phenoxy) is 1. The topological polar surface area (TPSA) is 45.7 Å². The van der Waals surface area contributed by atoms with Gasteiger partial charge in [0.25, 0.3) is 0 Å². The molecule has 0 atom stereocenters. The highest BCUT2D eigenvalue weighted by atomic mass is 32.2. The second-order valence-electron chi connectivity index (χ2n) is 8.56. The molecule has 2 heterocycles. The van der Waals surface area contributed by atoms with Crippen molar-refractivity contribution in [2.45, 2.75) is 35.3 Å². The van der Waals surface area contributed by atoms with E-state index in [1.807, 2.05) is 12.1 Å². The molecule has 2 aliphatic rings. The molecule has 9 heteroatoms. The minimum absolute atomic E-state index is 0.0730. The lowest BCUT2D eigenvalue weighted by Gasteiger charge is -2.22. The van der Waals surface area contributed by atoms with Gasteiger partial charge in [-0.05, 0) is 72.6 Å². The first-order valence-electron chi connectivity index (χ1n) is 10.9. The molecule has 1 aliphatic heterocycles. The summed E-state index contributed by atoms with van der Waals surface area (Å²) in [6, 6.07) is 19.0. The first-order valence-corrected chi connectivity index (χ1v) is 11.7. The Bertz CT molecular complexity index is 1170. The van der Waals surface area contributed by atoms with E-state index in [2.05, 4.69) is 14.8 Å². The van der Waals surface area contributed by atoms with Crippen molar-refractivity contribution in [1.29, 1.82) is 0 Å². The molecule has 176 valence electrons. The molecule has 2 aromatic carbocycles. The van der Waals surface area contributed by atoms with Crippen molar-refractivity contribution in [2.75, 3.05) is 18.1 Å². The molecule has 0 bridgehead atoms. The van der Waals surface area contributed by atoms with Crippen molar-refractivity contribution in [3.05, 3.63) is 84.1 Å². The zero-order valence-electron chi connectivity index (χ0n) is 18.2. The van der Waals surface area contributed by atoms with Crippen LogP contribution in [0.25, 0.3) is 0 Å². The standard InChI is InChI=1S/C25H22F3N3O2S/c26-25(27,28)34-21-8-6-20(7-9-21)30-16-24(11-12-24)31(17-30)15-18-10-13-29-22(14-18)33-23(32)19-4-2-1-3-5-19/h1-10,13-14H,11-12,15-17H2. The van der Waals surface area contributed by atoms with E-state index in [-0.39, 0.29) is 28.1 Å². The summed E-state index contributed by atoms with van der Waals surface area (Å²) in [6.45, 7) is 2.17. The van der Waals surface area contributed by atoms with Crippen molar-refractivity contribution in [3.63, 3.8) is 0 Å². The van der Waals surface area contributed by atoms with E-state index in [1.54, 1.807) is 48.7 Å². The van der Waals surface area contributed by atoms with Crippen molar-refractivity contribution in [3.8, 4) is 5.88 Å². The van der Waals surface area contributed by atoms with Gasteiger partial charge in [0.05, 0.1) is 12.2 Å². The summed E-state index contributed by atoms with van der Waals surface area (Å²) in [7, 11) is 0. The largest absolute Gasteiger partial charge is 0.446 e. The summed E-state index contributed by atoms with van der Waals surface area (Å²) >= 11 is -0.100. The summed E-state index contributed by atoms with van der Waals surface area (Å²) in [5, 5.41) is 0. The number of aromatic nitrogens is 1. The molecule has 0 N–H and O–H groups in total. The first kappa shape index (κ1) is 22.7. The van der Waals surface area contributed by atoms with Crippen LogP contribution in [0.15, 0.2) is 77.8 Å². The monoisotopic (exact) mass is 485 g/mol. The summed E-state index contributed by atoms with van der Waals surface area (Å²) in [5.41, 5.74) is -1.86. The Morgan fingerprint density at radius 2 is 1.79 bits per heavy atom.